The van der Waals surface area contributed by atoms with E-state index in [2.05, 4.69) is 50.8 Å². The fourth-order valence-electron chi connectivity index (χ4n) is 2.65. The van der Waals surface area contributed by atoms with E-state index in [4.69, 9.17) is 11.6 Å². The molecule has 16 heavy (non-hydrogen) atoms. The Morgan fingerprint density at radius 3 is 2.69 bits per heavy atom. The van der Waals surface area contributed by atoms with Gasteiger partial charge in [0.25, 0.3) is 0 Å². The molecule has 0 amide bonds. The number of fused-ring (bicyclic) bond motifs is 1. The lowest BCUT2D eigenvalue weighted by Gasteiger charge is -2.31. The van der Waals surface area contributed by atoms with E-state index >= 15 is 0 Å². The van der Waals surface area contributed by atoms with Crippen molar-refractivity contribution >= 4 is 17.3 Å². The second-order valence-electron chi connectivity index (χ2n) is 5.30. The van der Waals surface area contributed by atoms with E-state index in [0.29, 0.717) is 11.9 Å². The smallest absolute Gasteiger partial charge is 0.0410 e. The average Bonchev–Trinajstić information content (AvgIpc) is 2.40. The van der Waals surface area contributed by atoms with Crippen molar-refractivity contribution in [3.8, 4) is 0 Å². The predicted octanol–water partition coefficient (Wildman–Crippen LogP) is 3.72. The zero-order valence-corrected chi connectivity index (χ0v) is 11.3. The van der Waals surface area contributed by atoms with Gasteiger partial charge in [-0.2, -0.15) is 0 Å². The van der Waals surface area contributed by atoms with Gasteiger partial charge in [-0.3, -0.25) is 0 Å². The maximum absolute atomic E-state index is 5.90. The summed E-state index contributed by atoms with van der Waals surface area (Å²) < 4.78 is 0. The molecule has 1 nitrogen and oxygen atoms in total. The second-order valence-corrected chi connectivity index (χ2v) is 5.68. The van der Waals surface area contributed by atoms with Gasteiger partial charge in [-0.1, -0.05) is 26.0 Å². The molecule has 1 atom stereocenters. The van der Waals surface area contributed by atoms with Crippen LogP contribution in [0.5, 0.6) is 0 Å². The minimum atomic E-state index is 0.217. The highest BCUT2D eigenvalue weighted by Gasteiger charge is 2.41. The molecule has 1 aromatic carbocycles. The number of hydrogen-bond donors (Lipinski definition) is 0. The molecule has 0 spiro atoms. The summed E-state index contributed by atoms with van der Waals surface area (Å²) in [4.78, 5) is 2.44. The van der Waals surface area contributed by atoms with Crippen molar-refractivity contribution in [3.05, 3.63) is 29.3 Å². The highest BCUT2D eigenvalue weighted by Crippen LogP contribution is 2.45. The fraction of sp³-hybridized carbons (Fsp3) is 0.571. The minimum Gasteiger partial charge on any atom is -0.367 e. The van der Waals surface area contributed by atoms with Crippen LogP contribution in [0.15, 0.2) is 18.2 Å². The molecule has 1 heterocycles. The number of anilines is 1. The number of benzene rings is 1. The molecule has 0 saturated carbocycles. The van der Waals surface area contributed by atoms with Crippen LogP contribution in [0.2, 0.25) is 0 Å². The van der Waals surface area contributed by atoms with Crippen LogP contribution in [0.1, 0.15) is 31.9 Å². The van der Waals surface area contributed by atoms with Gasteiger partial charge in [0, 0.05) is 29.6 Å². The predicted molar refractivity (Wildman–Crippen MR) is 71.7 cm³/mol. The van der Waals surface area contributed by atoms with E-state index in [1.54, 1.807) is 0 Å². The Bertz CT molecular complexity index is 398. The molecule has 2 heteroatoms. The van der Waals surface area contributed by atoms with Crippen LogP contribution in [0.4, 0.5) is 5.69 Å². The van der Waals surface area contributed by atoms with E-state index < -0.39 is 0 Å². The van der Waals surface area contributed by atoms with E-state index in [-0.39, 0.29) is 5.41 Å². The summed E-state index contributed by atoms with van der Waals surface area (Å²) in [5.74, 6) is 0.688. The molecular weight excluding hydrogens is 218 g/mol. The van der Waals surface area contributed by atoms with E-state index in [1.165, 1.54) is 16.8 Å². The molecular formula is C14H20ClN. The molecule has 0 aliphatic carbocycles. The SMILES string of the molecule is Cc1ccc2c(c1)N(CCCl)C(C)C2(C)C. The molecule has 1 aliphatic rings. The summed E-state index contributed by atoms with van der Waals surface area (Å²) in [6.45, 7) is 10.0. The summed E-state index contributed by atoms with van der Waals surface area (Å²) in [6.07, 6.45) is 0. The minimum absolute atomic E-state index is 0.217. The Labute approximate surface area is 103 Å². The fourth-order valence-corrected chi connectivity index (χ4v) is 2.83. The number of rotatable bonds is 2. The van der Waals surface area contributed by atoms with Crippen molar-refractivity contribution in [1.82, 2.24) is 0 Å². The third-order valence-corrected chi connectivity index (χ3v) is 4.16. The second kappa shape index (κ2) is 3.96. The molecule has 1 unspecified atom stereocenters. The van der Waals surface area contributed by atoms with Crippen LogP contribution in [-0.2, 0) is 5.41 Å². The van der Waals surface area contributed by atoms with E-state index in [1.807, 2.05) is 0 Å². The van der Waals surface area contributed by atoms with Gasteiger partial charge < -0.3 is 4.90 Å². The van der Waals surface area contributed by atoms with Crippen molar-refractivity contribution in [2.75, 3.05) is 17.3 Å². The largest absolute Gasteiger partial charge is 0.367 e. The van der Waals surface area contributed by atoms with Gasteiger partial charge in [0.15, 0.2) is 0 Å². The van der Waals surface area contributed by atoms with Crippen LogP contribution >= 0.6 is 11.6 Å². The van der Waals surface area contributed by atoms with Crippen molar-refractivity contribution in [2.24, 2.45) is 0 Å². The Morgan fingerprint density at radius 2 is 2.06 bits per heavy atom. The van der Waals surface area contributed by atoms with Crippen LogP contribution in [0.3, 0.4) is 0 Å². The Morgan fingerprint density at radius 1 is 1.38 bits per heavy atom. The summed E-state index contributed by atoms with van der Waals surface area (Å²) in [6, 6.07) is 7.28. The van der Waals surface area contributed by atoms with Crippen LogP contribution in [0, 0.1) is 6.92 Å². The maximum Gasteiger partial charge on any atom is 0.0410 e. The molecule has 1 aromatic rings. The van der Waals surface area contributed by atoms with Crippen LogP contribution in [0.25, 0.3) is 0 Å². The van der Waals surface area contributed by atoms with Gasteiger partial charge in [-0.05, 0) is 31.0 Å². The molecule has 1 aliphatic heterocycles. The summed E-state index contributed by atoms with van der Waals surface area (Å²) >= 11 is 5.90. The number of aryl methyl sites for hydroxylation is 1. The first-order valence-electron chi connectivity index (χ1n) is 5.92. The van der Waals surface area contributed by atoms with Gasteiger partial charge in [-0.15, -0.1) is 11.6 Å². The van der Waals surface area contributed by atoms with Crippen molar-refractivity contribution < 1.29 is 0 Å². The monoisotopic (exact) mass is 237 g/mol. The molecule has 0 bridgehead atoms. The molecule has 0 saturated heterocycles. The maximum atomic E-state index is 5.90. The van der Waals surface area contributed by atoms with Gasteiger partial charge in [0.2, 0.25) is 0 Å². The van der Waals surface area contributed by atoms with E-state index in [0.717, 1.165) is 6.54 Å². The highest BCUT2D eigenvalue weighted by atomic mass is 35.5. The normalized spacial score (nSPS) is 22.3. The lowest BCUT2D eigenvalue weighted by molar-refractivity contribution is 0.445. The topological polar surface area (TPSA) is 3.24 Å². The first-order valence-corrected chi connectivity index (χ1v) is 6.45. The molecule has 0 fully saturated rings. The molecule has 0 N–H and O–H groups in total. The molecule has 2 rings (SSSR count). The Hall–Kier alpha value is -0.690. The number of nitrogens with zero attached hydrogens (tertiary/aromatic N) is 1. The first-order chi connectivity index (χ1) is 7.48. The lowest BCUT2D eigenvalue weighted by atomic mass is 9.81. The van der Waals surface area contributed by atoms with Gasteiger partial charge >= 0.3 is 0 Å². The van der Waals surface area contributed by atoms with Gasteiger partial charge in [0.05, 0.1) is 0 Å². The van der Waals surface area contributed by atoms with Gasteiger partial charge in [0.1, 0.15) is 0 Å². The first kappa shape index (κ1) is 11.8. The van der Waals surface area contributed by atoms with Crippen molar-refractivity contribution in [2.45, 2.75) is 39.2 Å². The molecule has 0 aromatic heterocycles. The van der Waals surface area contributed by atoms with Crippen LogP contribution < -0.4 is 4.90 Å². The number of alkyl halides is 1. The number of halogens is 1. The van der Waals surface area contributed by atoms with Gasteiger partial charge in [-0.25, -0.2) is 0 Å². The van der Waals surface area contributed by atoms with E-state index in [9.17, 15) is 0 Å². The van der Waals surface area contributed by atoms with Crippen molar-refractivity contribution in [3.63, 3.8) is 0 Å². The third kappa shape index (κ3) is 1.62. The number of hydrogen-bond acceptors (Lipinski definition) is 1. The highest BCUT2D eigenvalue weighted by molar-refractivity contribution is 6.18. The zero-order chi connectivity index (χ0) is 11.9. The Balaban J connectivity index is 2.51. The third-order valence-electron chi connectivity index (χ3n) is 3.99. The lowest BCUT2D eigenvalue weighted by Crippen LogP contribution is -2.39. The summed E-state index contributed by atoms with van der Waals surface area (Å²) in [7, 11) is 0. The van der Waals surface area contributed by atoms with Crippen molar-refractivity contribution in [1.29, 1.82) is 0 Å². The van der Waals surface area contributed by atoms with Crippen LogP contribution in [-0.4, -0.2) is 18.5 Å². The Kier molecular flexibility index (Phi) is 2.91. The standard InChI is InChI=1S/C14H20ClN/c1-10-5-6-12-13(9-10)16(8-7-15)11(2)14(12,3)4/h5-6,9,11H,7-8H2,1-4H3. The summed E-state index contributed by atoms with van der Waals surface area (Å²) in [5, 5.41) is 0. The quantitative estimate of drug-likeness (QED) is 0.709. The summed E-state index contributed by atoms with van der Waals surface area (Å²) in [5.41, 5.74) is 4.37. The average molecular weight is 238 g/mol. The molecule has 0 radical (unpaired) electrons. The zero-order valence-electron chi connectivity index (χ0n) is 10.5. The molecule has 88 valence electrons.